The summed E-state index contributed by atoms with van der Waals surface area (Å²) >= 11 is 1.19. The van der Waals surface area contributed by atoms with Crippen LogP contribution in [0.4, 0.5) is 9.52 Å². The number of ether oxygens (including phenoxy) is 1. The van der Waals surface area contributed by atoms with Crippen molar-refractivity contribution in [1.29, 1.82) is 5.26 Å². The summed E-state index contributed by atoms with van der Waals surface area (Å²) in [6.45, 7) is 3.04. The van der Waals surface area contributed by atoms with Gasteiger partial charge in [-0.05, 0) is 32.0 Å². The lowest BCUT2D eigenvalue weighted by Gasteiger charge is -2.13. The molecule has 0 saturated heterocycles. The molecular formula is C15H14FN3O2S. The number of amides is 1. The first-order chi connectivity index (χ1) is 10.4. The molecule has 0 aliphatic rings. The van der Waals surface area contributed by atoms with Crippen LogP contribution in [0.5, 0.6) is 5.75 Å². The van der Waals surface area contributed by atoms with Crippen molar-refractivity contribution in [2.45, 2.75) is 13.8 Å². The van der Waals surface area contributed by atoms with Crippen molar-refractivity contribution in [2.75, 3.05) is 12.4 Å². The number of carbonyl (C=O) groups excluding carboxylic acids is 1. The van der Waals surface area contributed by atoms with Crippen LogP contribution in [-0.4, -0.2) is 18.0 Å². The Balaban J connectivity index is 2.28. The van der Waals surface area contributed by atoms with Crippen LogP contribution in [0.2, 0.25) is 0 Å². The second-order valence-electron chi connectivity index (χ2n) is 5.07. The number of halogens is 1. The van der Waals surface area contributed by atoms with Gasteiger partial charge in [0.05, 0.1) is 18.9 Å². The van der Waals surface area contributed by atoms with Gasteiger partial charge in [0.2, 0.25) is 5.91 Å². The summed E-state index contributed by atoms with van der Waals surface area (Å²) in [4.78, 5) is 16.2. The number of nitrogens with zero attached hydrogens (tertiary/aromatic N) is 2. The van der Waals surface area contributed by atoms with Gasteiger partial charge < -0.3 is 10.1 Å². The van der Waals surface area contributed by atoms with E-state index in [2.05, 4.69) is 10.3 Å². The van der Waals surface area contributed by atoms with E-state index in [1.165, 1.54) is 50.5 Å². The number of nitriles is 1. The van der Waals surface area contributed by atoms with Gasteiger partial charge in [0.25, 0.3) is 0 Å². The molecule has 1 aromatic carbocycles. The molecular weight excluding hydrogens is 305 g/mol. The average molecular weight is 319 g/mol. The Morgan fingerprint density at radius 1 is 1.50 bits per heavy atom. The van der Waals surface area contributed by atoms with E-state index in [0.29, 0.717) is 22.1 Å². The molecule has 1 heterocycles. The van der Waals surface area contributed by atoms with Gasteiger partial charge in [-0.3, -0.25) is 4.79 Å². The van der Waals surface area contributed by atoms with E-state index in [0.717, 1.165) is 0 Å². The summed E-state index contributed by atoms with van der Waals surface area (Å²) in [5, 5.41) is 13.6. The Labute approximate surface area is 131 Å². The highest BCUT2D eigenvalue weighted by Crippen LogP contribution is 2.33. The second-order valence-corrected chi connectivity index (χ2v) is 5.93. The molecule has 2 aromatic rings. The van der Waals surface area contributed by atoms with Crippen molar-refractivity contribution in [1.82, 2.24) is 4.98 Å². The molecule has 0 aliphatic heterocycles. The number of hydrogen-bond acceptors (Lipinski definition) is 5. The first-order valence-electron chi connectivity index (χ1n) is 6.39. The number of rotatable bonds is 4. The van der Waals surface area contributed by atoms with Crippen LogP contribution < -0.4 is 10.1 Å². The van der Waals surface area contributed by atoms with Crippen molar-refractivity contribution in [3.05, 3.63) is 29.4 Å². The molecule has 0 saturated carbocycles. The number of carbonyl (C=O) groups is 1. The van der Waals surface area contributed by atoms with Gasteiger partial charge >= 0.3 is 0 Å². The molecule has 1 amide bonds. The number of nitrogens with one attached hydrogen (secondary N) is 1. The molecule has 0 fully saturated rings. The molecule has 0 radical (unpaired) electrons. The topological polar surface area (TPSA) is 75.0 Å². The minimum absolute atomic E-state index is 0.342. The van der Waals surface area contributed by atoms with Crippen molar-refractivity contribution in [2.24, 2.45) is 5.41 Å². The summed E-state index contributed by atoms with van der Waals surface area (Å²) in [6, 6.07) is 6.05. The Morgan fingerprint density at radius 2 is 2.23 bits per heavy atom. The molecule has 0 atom stereocenters. The van der Waals surface area contributed by atoms with Crippen molar-refractivity contribution in [3.63, 3.8) is 0 Å². The van der Waals surface area contributed by atoms with E-state index in [1.807, 2.05) is 6.07 Å². The van der Waals surface area contributed by atoms with E-state index in [1.54, 1.807) is 5.38 Å². The van der Waals surface area contributed by atoms with Gasteiger partial charge in [-0.15, -0.1) is 11.3 Å². The molecule has 114 valence electrons. The first kappa shape index (κ1) is 15.9. The fourth-order valence-corrected chi connectivity index (χ4v) is 2.34. The van der Waals surface area contributed by atoms with Crippen LogP contribution in [0.25, 0.3) is 11.3 Å². The molecule has 22 heavy (non-hydrogen) atoms. The molecule has 5 nitrogen and oxygen atoms in total. The van der Waals surface area contributed by atoms with Gasteiger partial charge in [-0.1, -0.05) is 0 Å². The van der Waals surface area contributed by atoms with Crippen LogP contribution in [0.15, 0.2) is 23.6 Å². The zero-order chi connectivity index (χ0) is 16.3. The molecule has 7 heteroatoms. The third kappa shape index (κ3) is 3.23. The third-order valence-corrected chi connectivity index (χ3v) is 3.77. The molecule has 0 aliphatic carbocycles. The maximum atomic E-state index is 13.4. The van der Waals surface area contributed by atoms with E-state index in [4.69, 9.17) is 10.00 Å². The summed E-state index contributed by atoms with van der Waals surface area (Å²) in [7, 11) is 1.49. The van der Waals surface area contributed by atoms with Crippen LogP contribution in [0, 0.1) is 22.6 Å². The first-order valence-corrected chi connectivity index (χ1v) is 7.27. The van der Waals surface area contributed by atoms with Gasteiger partial charge in [0.1, 0.15) is 17.0 Å². The maximum Gasteiger partial charge on any atom is 0.246 e. The van der Waals surface area contributed by atoms with Crippen molar-refractivity contribution in [3.8, 4) is 23.1 Å². The fraction of sp³-hybridized carbons (Fsp3) is 0.267. The van der Waals surface area contributed by atoms with Gasteiger partial charge in [-0.2, -0.15) is 5.26 Å². The highest BCUT2D eigenvalue weighted by atomic mass is 32.1. The standard InChI is InChI=1S/C15H14FN3O2S/c1-15(2,8-17)13(20)19-14-18-11(7-22-14)10-6-9(16)4-5-12(10)21-3/h4-7H,1-3H3,(H,18,19,20). The highest BCUT2D eigenvalue weighted by molar-refractivity contribution is 7.14. The SMILES string of the molecule is COc1ccc(F)cc1-c1csc(NC(=O)C(C)(C)C#N)n1. The van der Waals surface area contributed by atoms with Gasteiger partial charge in [0.15, 0.2) is 5.13 Å². The molecule has 0 bridgehead atoms. The molecule has 0 unspecified atom stereocenters. The number of benzene rings is 1. The quantitative estimate of drug-likeness (QED) is 0.936. The van der Waals surface area contributed by atoms with Crippen LogP contribution in [0.3, 0.4) is 0 Å². The Bertz CT molecular complexity index is 749. The monoisotopic (exact) mass is 319 g/mol. The predicted molar refractivity (Wildman–Crippen MR) is 82.1 cm³/mol. The number of anilines is 1. The normalized spacial score (nSPS) is 10.9. The fourth-order valence-electron chi connectivity index (χ4n) is 1.64. The van der Waals surface area contributed by atoms with E-state index in [9.17, 15) is 9.18 Å². The lowest BCUT2D eigenvalue weighted by Crippen LogP contribution is -2.29. The van der Waals surface area contributed by atoms with Crippen LogP contribution in [0.1, 0.15) is 13.8 Å². The zero-order valence-corrected chi connectivity index (χ0v) is 13.1. The minimum atomic E-state index is -1.15. The summed E-state index contributed by atoms with van der Waals surface area (Å²) in [5.74, 6) is -0.357. The molecule has 1 aromatic heterocycles. The lowest BCUT2D eigenvalue weighted by atomic mass is 9.95. The van der Waals surface area contributed by atoms with E-state index < -0.39 is 17.1 Å². The number of methoxy groups -OCH3 is 1. The van der Waals surface area contributed by atoms with Crippen LogP contribution >= 0.6 is 11.3 Å². The minimum Gasteiger partial charge on any atom is -0.496 e. The number of thiazole rings is 1. The predicted octanol–water partition coefficient (Wildman–Crippen LogP) is 3.45. The zero-order valence-electron chi connectivity index (χ0n) is 12.3. The second kappa shape index (κ2) is 6.12. The highest BCUT2D eigenvalue weighted by Gasteiger charge is 2.28. The van der Waals surface area contributed by atoms with Gasteiger partial charge in [0, 0.05) is 10.9 Å². The van der Waals surface area contributed by atoms with Gasteiger partial charge in [-0.25, -0.2) is 9.37 Å². The van der Waals surface area contributed by atoms with E-state index >= 15 is 0 Å². The van der Waals surface area contributed by atoms with Crippen molar-refractivity contribution < 1.29 is 13.9 Å². The average Bonchev–Trinajstić information content (AvgIpc) is 2.95. The third-order valence-electron chi connectivity index (χ3n) is 3.01. The lowest BCUT2D eigenvalue weighted by molar-refractivity contribution is -0.121. The number of aromatic nitrogens is 1. The summed E-state index contributed by atoms with van der Waals surface area (Å²) < 4.78 is 18.6. The molecule has 2 rings (SSSR count). The molecule has 0 spiro atoms. The Hall–Kier alpha value is -2.46. The smallest absolute Gasteiger partial charge is 0.246 e. The summed E-state index contributed by atoms with van der Waals surface area (Å²) in [6.07, 6.45) is 0. The van der Waals surface area contributed by atoms with E-state index in [-0.39, 0.29) is 0 Å². The summed E-state index contributed by atoms with van der Waals surface area (Å²) in [5.41, 5.74) is -0.159. The Kier molecular flexibility index (Phi) is 4.43. The van der Waals surface area contributed by atoms with Crippen LogP contribution in [-0.2, 0) is 4.79 Å². The molecule has 1 N–H and O–H groups in total. The Morgan fingerprint density at radius 3 is 2.86 bits per heavy atom. The maximum absolute atomic E-state index is 13.4. The van der Waals surface area contributed by atoms with Crippen molar-refractivity contribution >= 4 is 22.4 Å². The number of hydrogen-bond donors (Lipinski definition) is 1. The largest absolute Gasteiger partial charge is 0.496 e.